The summed E-state index contributed by atoms with van der Waals surface area (Å²) in [5, 5.41) is 1.82. The molecule has 0 N–H and O–H groups in total. The van der Waals surface area contributed by atoms with Gasteiger partial charge in [-0.15, -0.1) is 11.3 Å². The minimum Gasteiger partial charge on any atom is -0.496 e. The van der Waals surface area contributed by atoms with Crippen LogP contribution in [0.15, 0.2) is 32.5 Å². The van der Waals surface area contributed by atoms with Crippen LogP contribution in [0.4, 0.5) is 0 Å². The summed E-state index contributed by atoms with van der Waals surface area (Å²) in [6, 6.07) is 5.53. The number of rotatable bonds is 3. The normalized spacial score (nSPS) is 10.4. The lowest BCUT2D eigenvalue weighted by atomic mass is 10.1. The fraction of sp³-hybridized carbons (Fsp3) is 0.154. The lowest BCUT2D eigenvalue weighted by molar-refractivity contribution is 0.104. The number of benzene rings is 1. The van der Waals surface area contributed by atoms with Crippen molar-refractivity contribution in [1.29, 1.82) is 0 Å². The molecule has 0 saturated heterocycles. The first-order valence-electron chi connectivity index (χ1n) is 5.16. The van der Waals surface area contributed by atoms with Crippen molar-refractivity contribution < 1.29 is 9.53 Å². The Hall–Kier alpha value is -0.650. The lowest BCUT2D eigenvalue weighted by Gasteiger charge is -2.05. The molecule has 0 saturated carbocycles. The molecule has 0 spiro atoms. The highest BCUT2D eigenvalue weighted by atomic mass is 79.9. The van der Waals surface area contributed by atoms with Crippen molar-refractivity contribution in [2.24, 2.45) is 0 Å². The first-order valence-corrected chi connectivity index (χ1v) is 7.62. The first kappa shape index (κ1) is 13.8. The highest BCUT2D eigenvalue weighted by Crippen LogP contribution is 2.30. The molecule has 1 heterocycles. The van der Waals surface area contributed by atoms with Crippen LogP contribution in [-0.4, -0.2) is 12.9 Å². The molecule has 18 heavy (non-hydrogen) atoms. The fourth-order valence-corrected chi connectivity index (χ4v) is 3.29. The van der Waals surface area contributed by atoms with Crippen LogP contribution in [0.5, 0.6) is 5.75 Å². The van der Waals surface area contributed by atoms with Crippen molar-refractivity contribution in [3.63, 3.8) is 0 Å². The molecule has 0 unspecified atom stereocenters. The molecule has 94 valence electrons. The van der Waals surface area contributed by atoms with Gasteiger partial charge < -0.3 is 4.74 Å². The van der Waals surface area contributed by atoms with E-state index in [0.29, 0.717) is 16.2 Å². The summed E-state index contributed by atoms with van der Waals surface area (Å²) in [6.07, 6.45) is 0. The Morgan fingerprint density at radius 3 is 2.56 bits per heavy atom. The number of ether oxygens (including phenoxy) is 1. The summed E-state index contributed by atoms with van der Waals surface area (Å²) in [7, 11) is 1.59. The van der Waals surface area contributed by atoms with Crippen LogP contribution in [0, 0.1) is 6.92 Å². The molecule has 2 rings (SSSR count). The van der Waals surface area contributed by atoms with Crippen LogP contribution in [-0.2, 0) is 0 Å². The third-order valence-electron chi connectivity index (χ3n) is 2.53. The number of ketones is 1. The Morgan fingerprint density at radius 1 is 1.22 bits per heavy atom. The second-order valence-corrected chi connectivity index (χ2v) is 6.38. The maximum atomic E-state index is 12.4. The van der Waals surface area contributed by atoms with E-state index in [9.17, 15) is 4.79 Å². The van der Waals surface area contributed by atoms with Gasteiger partial charge in [-0.1, -0.05) is 31.9 Å². The van der Waals surface area contributed by atoms with Gasteiger partial charge in [-0.25, -0.2) is 0 Å². The number of hydrogen-bond donors (Lipinski definition) is 0. The van der Waals surface area contributed by atoms with E-state index >= 15 is 0 Å². The Balaban J connectivity index is 2.42. The van der Waals surface area contributed by atoms with Crippen LogP contribution >= 0.6 is 43.2 Å². The van der Waals surface area contributed by atoms with Gasteiger partial charge in [0.1, 0.15) is 5.75 Å². The van der Waals surface area contributed by atoms with Crippen molar-refractivity contribution in [1.82, 2.24) is 0 Å². The third kappa shape index (κ3) is 2.68. The van der Waals surface area contributed by atoms with Gasteiger partial charge in [0.15, 0.2) is 0 Å². The summed E-state index contributed by atoms with van der Waals surface area (Å²) in [4.78, 5) is 13.0. The summed E-state index contributed by atoms with van der Waals surface area (Å²) < 4.78 is 6.83. The highest BCUT2D eigenvalue weighted by Gasteiger charge is 2.16. The van der Waals surface area contributed by atoms with Crippen molar-refractivity contribution >= 4 is 49.0 Å². The molecule has 0 bridgehead atoms. The van der Waals surface area contributed by atoms with Gasteiger partial charge in [0, 0.05) is 26.0 Å². The van der Waals surface area contributed by atoms with E-state index in [1.54, 1.807) is 13.2 Å². The number of hydrogen-bond acceptors (Lipinski definition) is 3. The van der Waals surface area contributed by atoms with E-state index in [-0.39, 0.29) is 5.78 Å². The first-order chi connectivity index (χ1) is 8.52. The average Bonchev–Trinajstić information content (AvgIpc) is 2.81. The molecule has 1 aromatic carbocycles. The summed E-state index contributed by atoms with van der Waals surface area (Å²) in [5.74, 6) is 0.710. The van der Waals surface area contributed by atoms with Crippen LogP contribution in [0.3, 0.4) is 0 Å². The van der Waals surface area contributed by atoms with E-state index in [0.717, 1.165) is 14.5 Å². The zero-order valence-electron chi connectivity index (χ0n) is 9.79. The van der Waals surface area contributed by atoms with Gasteiger partial charge in [-0.2, -0.15) is 0 Å². The molecule has 0 amide bonds. The summed E-state index contributed by atoms with van der Waals surface area (Å²) in [6.45, 7) is 1.98. The number of carbonyl (C=O) groups excluding carboxylic acids is 1. The SMILES string of the molecule is COc1csc(C(=O)c2cc(Br)c(C)cc2Br)c1. The van der Waals surface area contributed by atoms with E-state index in [1.165, 1.54) is 11.3 Å². The van der Waals surface area contributed by atoms with Gasteiger partial charge in [0.05, 0.1) is 12.0 Å². The topological polar surface area (TPSA) is 26.3 Å². The van der Waals surface area contributed by atoms with E-state index in [4.69, 9.17) is 4.74 Å². The Labute approximate surface area is 126 Å². The third-order valence-corrected chi connectivity index (χ3v) is 4.95. The molecule has 5 heteroatoms. The molecule has 0 aliphatic rings. The van der Waals surface area contributed by atoms with Crippen molar-refractivity contribution in [3.8, 4) is 5.75 Å². The van der Waals surface area contributed by atoms with Crippen molar-refractivity contribution in [2.45, 2.75) is 6.92 Å². The van der Waals surface area contributed by atoms with Gasteiger partial charge >= 0.3 is 0 Å². The molecular formula is C13H10Br2O2S. The van der Waals surface area contributed by atoms with Gasteiger partial charge in [-0.05, 0) is 24.6 Å². The number of aryl methyl sites for hydroxylation is 1. The Kier molecular flexibility index (Phi) is 4.25. The summed E-state index contributed by atoms with van der Waals surface area (Å²) in [5.41, 5.74) is 1.74. The average molecular weight is 390 g/mol. The quantitative estimate of drug-likeness (QED) is 0.703. The number of carbonyl (C=O) groups is 1. The van der Waals surface area contributed by atoms with Gasteiger partial charge in [0.25, 0.3) is 0 Å². The second kappa shape index (κ2) is 5.55. The molecule has 0 aliphatic carbocycles. The Morgan fingerprint density at radius 2 is 1.94 bits per heavy atom. The molecule has 2 nitrogen and oxygen atoms in total. The molecule has 0 atom stereocenters. The zero-order chi connectivity index (χ0) is 13.3. The highest BCUT2D eigenvalue weighted by molar-refractivity contribution is 9.11. The maximum Gasteiger partial charge on any atom is 0.204 e. The van der Waals surface area contributed by atoms with Crippen LogP contribution in [0.1, 0.15) is 20.8 Å². The van der Waals surface area contributed by atoms with Crippen molar-refractivity contribution in [3.05, 3.63) is 48.5 Å². The number of methoxy groups -OCH3 is 1. The predicted octanol–water partition coefficient (Wildman–Crippen LogP) is 4.82. The zero-order valence-corrected chi connectivity index (χ0v) is 13.8. The number of halogens is 2. The van der Waals surface area contributed by atoms with Crippen LogP contribution in [0.2, 0.25) is 0 Å². The van der Waals surface area contributed by atoms with Crippen LogP contribution < -0.4 is 4.74 Å². The second-order valence-electron chi connectivity index (χ2n) is 3.76. The summed E-state index contributed by atoms with van der Waals surface area (Å²) >= 11 is 8.27. The van der Waals surface area contributed by atoms with Crippen molar-refractivity contribution in [2.75, 3.05) is 7.11 Å². The fourth-order valence-electron chi connectivity index (χ4n) is 1.50. The van der Waals surface area contributed by atoms with Crippen LogP contribution in [0.25, 0.3) is 0 Å². The Bertz CT molecular complexity index is 605. The van der Waals surface area contributed by atoms with E-state index in [1.807, 2.05) is 24.4 Å². The monoisotopic (exact) mass is 388 g/mol. The largest absolute Gasteiger partial charge is 0.496 e. The van der Waals surface area contributed by atoms with Gasteiger partial charge in [0.2, 0.25) is 5.78 Å². The standard InChI is InChI=1S/C13H10Br2O2S/c1-7-3-11(15)9(5-10(7)14)13(16)12-4-8(17-2)6-18-12/h3-6H,1-2H3. The lowest BCUT2D eigenvalue weighted by Crippen LogP contribution is -2.00. The van der Waals surface area contributed by atoms with Gasteiger partial charge in [-0.3, -0.25) is 4.79 Å². The molecule has 0 radical (unpaired) electrons. The molecule has 0 fully saturated rings. The minimum atomic E-state index is -0.00382. The van der Waals surface area contributed by atoms with E-state index < -0.39 is 0 Å². The molecular weight excluding hydrogens is 380 g/mol. The molecule has 2 aromatic rings. The maximum absolute atomic E-state index is 12.4. The predicted molar refractivity (Wildman–Crippen MR) is 80.9 cm³/mol. The number of thiophene rings is 1. The van der Waals surface area contributed by atoms with E-state index in [2.05, 4.69) is 31.9 Å². The molecule has 0 aliphatic heterocycles. The smallest absolute Gasteiger partial charge is 0.204 e. The minimum absolute atomic E-state index is 0.00382. The molecule has 1 aromatic heterocycles.